The van der Waals surface area contributed by atoms with Gasteiger partial charge in [0.25, 0.3) is 0 Å². The minimum atomic E-state index is 0.595. The van der Waals surface area contributed by atoms with E-state index in [0.717, 1.165) is 29.4 Å². The van der Waals surface area contributed by atoms with Gasteiger partial charge in [-0.2, -0.15) is 10.2 Å². The van der Waals surface area contributed by atoms with Crippen LogP contribution in [0.15, 0.2) is 41.9 Å². The molecule has 0 saturated heterocycles. The summed E-state index contributed by atoms with van der Waals surface area (Å²) in [6, 6.07) is 8.14. The average Bonchev–Trinajstić information content (AvgIpc) is 3.28. The number of nitrogens with zero attached hydrogens (tertiary/aromatic N) is 6. The summed E-state index contributed by atoms with van der Waals surface area (Å²) in [5.74, 6) is 0.792. The molecular formula is C19H26N8. The Hall–Kier alpha value is -3.16. The van der Waals surface area contributed by atoms with E-state index in [1.54, 1.807) is 11.0 Å². The van der Waals surface area contributed by atoms with Crippen molar-refractivity contribution < 1.29 is 0 Å². The molecule has 142 valence electrons. The van der Waals surface area contributed by atoms with Crippen molar-refractivity contribution in [3.05, 3.63) is 59.4 Å². The van der Waals surface area contributed by atoms with Crippen LogP contribution in [0.3, 0.4) is 0 Å². The molecule has 3 rings (SSSR count). The Morgan fingerprint density at radius 2 is 1.93 bits per heavy atom. The van der Waals surface area contributed by atoms with Crippen molar-refractivity contribution in [1.82, 2.24) is 35.2 Å². The SMILES string of the molecule is CCNC(=NCc1ccc(-n2cncn2)cc1)NCc1c(C)nn(C)c1C. The molecule has 0 fully saturated rings. The smallest absolute Gasteiger partial charge is 0.191 e. The molecule has 27 heavy (non-hydrogen) atoms. The van der Waals surface area contributed by atoms with Gasteiger partial charge in [0.05, 0.1) is 17.9 Å². The Labute approximate surface area is 159 Å². The van der Waals surface area contributed by atoms with Gasteiger partial charge in [0, 0.05) is 31.4 Å². The van der Waals surface area contributed by atoms with Crippen LogP contribution in [0.2, 0.25) is 0 Å². The van der Waals surface area contributed by atoms with Crippen molar-refractivity contribution in [1.29, 1.82) is 0 Å². The highest BCUT2D eigenvalue weighted by molar-refractivity contribution is 5.79. The van der Waals surface area contributed by atoms with Gasteiger partial charge in [0.2, 0.25) is 0 Å². The Morgan fingerprint density at radius 3 is 2.52 bits per heavy atom. The molecule has 2 N–H and O–H groups in total. The highest BCUT2D eigenvalue weighted by Gasteiger charge is 2.09. The van der Waals surface area contributed by atoms with E-state index < -0.39 is 0 Å². The second-order valence-corrected chi connectivity index (χ2v) is 6.33. The molecule has 0 aliphatic heterocycles. The van der Waals surface area contributed by atoms with Crippen LogP contribution in [0.25, 0.3) is 5.69 Å². The van der Waals surface area contributed by atoms with Crippen LogP contribution in [0.5, 0.6) is 0 Å². The van der Waals surface area contributed by atoms with Gasteiger partial charge in [-0.25, -0.2) is 14.7 Å². The van der Waals surface area contributed by atoms with Gasteiger partial charge in [-0.05, 0) is 38.5 Å². The third-order valence-electron chi connectivity index (χ3n) is 4.48. The van der Waals surface area contributed by atoms with Gasteiger partial charge < -0.3 is 10.6 Å². The molecule has 0 spiro atoms. The molecule has 8 heteroatoms. The van der Waals surface area contributed by atoms with Gasteiger partial charge >= 0.3 is 0 Å². The number of benzene rings is 1. The van der Waals surface area contributed by atoms with Gasteiger partial charge in [-0.1, -0.05) is 12.1 Å². The highest BCUT2D eigenvalue weighted by Crippen LogP contribution is 2.11. The predicted molar refractivity (Wildman–Crippen MR) is 106 cm³/mol. The van der Waals surface area contributed by atoms with Crippen LogP contribution in [0.4, 0.5) is 0 Å². The van der Waals surface area contributed by atoms with Crippen LogP contribution in [-0.2, 0) is 20.1 Å². The maximum atomic E-state index is 4.69. The highest BCUT2D eigenvalue weighted by atomic mass is 15.3. The van der Waals surface area contributed by atoms with Gasteiger partial charge in [0.1, 0.15) is 12.7 Å². The van der Waals surface area contributed by atoms with E-state index in [4.69, 9.17) is 0 Å². The first kappa shape index (κ1) is 18.6. The van der Waals surface area contributed by atoms with E-state index in [2.05, 4.69) is 56.8 Å². The molecule has 3 aromatic rings. The van der Waals surface area contributed by atoms with Crippen molar-refractivity contribution in [3.63, 3.8) is 0 Å². The topological polar surface area (TPSA) is 84.9 Å². The molecule has 0 aliphatic rings. The lowest BCUT2D eigenvalue weighted by Crippen LogP contribution is -2.37. The third kappa shape index (κ3) is 4.52. The zero-order valence-corrected chi connectivity index (χ0v) is 16.3. The van der Waals surface area contributed by atoms with Crippen LogP contribution < -0.4 is 10.6 Å². The summed E-state index contributed by atoms with van der Waals surface area (Å²) in [6.45, 7) is 8.27. The van der Waals surface area contributed by atoms with Crippen LogP contribution in [-0.4, -0.2) is 37.0 Å². The lowest BCUT2D eigenvalue weighted by molar-refractivity contribution is 0.728. The van der Waals surface area contributed by atoms with Crippen molar-refractivity contribution >= 4 is 5.96 Å². The van der Waals surface area contributed by atoms with Crippen molar-refractivity contribution in [2.24, 2.45) is 12.0 Å². The Kier molecular flexibility index (Phi) is 5.85. The number of rotatable bonds is 6. The second kappa shape index (κ2) is 8.48. The lowest BCUT2D eigenvalue weighted by Gasteiger charge is -2.12. The largest absolute Gasteiger partial charge is 0.357 e. The Bertz CT molecular complexity index is 891. The van der Waals surface area contributed by atoms with E-state index >= 15 is 0 Å². The lowest BCUT2D eigenvalue weighted by atomic mass is 10.2. The van der Waals surface area contributed by atoms with E-state index in [9.17, 15) is 0 Å². The minimum Gasteiger partial charge on any atom is -0.357 e. The quantitative estimate of drug-likeness (QED) is 0.514. The average molecular weight is 366 g/mol. The minimum absolute atomic E-state index is 0.595. The summed E-state index contributed by atoms with van der Waals surface area (Å²) >= 11 is 0. The number of aliphatic imine (C=N–C) groups is 1. The van der Waals surface area contributed by atoms with Crippen molar-refractivity contribution in [2.45, 2.75) is 33.9 Å². The molecule has 1 aromatic carbocycles. The van der Waals surface area contributed by atoms with Crippen molar-refractivity contribution in [2.75, 3.05) is 6.54 Å². The maximum Gasteiger partial charge on any atom is 0.191 e. The molecular weight excluding hydrogens is 340 g/mol. The summed E-state index contributed by atoms with van der Waals surface area (Å²) in [5.41, 5.74) is 5.53. The number of hydrogen-bond donors (Lipinski definition) is 2. The van der Waals surface area contributed by atoms with Crippen LogP contribution >= 0.6 is 0 Å². The van der Waals surface area contributed by atoms with E-state index in [0.29, 0.717) is 13.1 Å². The van der Waals surface area contributed by atoms with E-state index in [1.165, 1.54) is 17.6 Å². The number of hydrogen-bond acceptors (Lipinski definition) is 4. The normalized spacial score (nSPS) is 11.6. The second-order valence-electron chi connectivity index (χ2n) is 6.33. The van der Waals surface area contributed by atoms with Crippen molar-refractivity contribution in [3.8, 4) is 5.69 Å². The van der Waals surface area contributed by atoms with Gasteiger partial charge in [-0.15, -0.1) is 0 Å². The van der Waals surface area contributed by atoms with Crippen LogP contribution in [0.1, 0.15) is 29.4 Å². The summed E-state index contributed by atoms with van der Waals surface area (Å²) < 4.78 is 3.64. The molecule has 2 aromatic heterocycles. The monoisotopic (exact) mass is 366 g/mol. The van der Waals surface area contributed by atoms with E-state index in [1.807, 2.05) is 30.8 Å². The first-order chi connectivity index (χ1) is 13.1. The number of aryl methyl sites for hydroxylation is 2. The van der Waals surface area contributed by atoms with E-state index in [-0.39, 0.29) is 0 Å². The summed E-state index contributed by atoms with van der Waals surface area (Å²) in [5, 5.41) is 15.3. The number of guanidine groups is 1. The molecule has 0 amide bonds. The molecule has 0 saturated carbocycles. The van der Waals surface area contributed by atoms with Gasteiger partial charge in [-0.3, -0.25) is 4.68 Å². The summed E-state index contributed by atoms with van der Waals surface area (Å²) in [4.78, 5) is 8.66. The zero-order valence-electron chi connectivity index (χ0n) is 16.3. The maximum absolute atomic E-state index is 4.69. The number of nitrogens with one attached hydrogen (secondary N) is 2. The molecule has 0 bridgehead atoms. The fourth-order valence-electron chi connectivity index (χ4n) is 2.85. The summed E-state index contributed by atoms with van der Waals surface area (Å²) in [7, 11) is 1.97. The first-order valence-electron chi connectivity index (χ1n) is 9.03. The summed E-state index contributed by atoms with van der Waals surface area (Å²) in [6.07, 6.45) is 3.21. The Morgan fingerprint density at radius 1 is 1.15 bits per heavy atom. The fourth-order valence-corrected chi connectivity index (χ4v) is 2.85. The fraction of sp³-hybridized carbons (Fsp3) is 0.368. The molecule has 0 aliphatic carbocycles. The van der Waals surface area contributed by atoms with Gasteiger partial charge in [0.15, 0.2) is 5.96 Å². The molecule has 0 radical (unpaired) electrons. The standard InChI is InChI=1S/C19H26N8/c1-5-21-19(23-11-18-14(2)25-26(4)15(18)3)22-10-16-6-8-17(9-7-16)27-13-20-12-24-27/h6-9,12-13H,5,10-11H2,1-4H3,(H2,21,22,23). The number of aromatic nitrogens is 5. The first-order valence-corrected chi connectivity index (χ1v) is 9.03. The van der Waals surface area contributed by atoms with Crippen LogP contribution in [0, 0.1) is 13.8 Å². The third-order valence-corrected chi connectivity index (χ3v) is 4.48. The zero-order chi connectivity index (χ0) is 19.2. The molecule has 0 unspecified atom stereocenters. The molecule has 0 atom stereocenters. The molecule has 8 nitrogen and oxygen atoms in total. The molecule has 2 heterocycles. The Balaban J connectivity index is 1.64. The predicted octanol–water partition coefficient (Wildman–Crippen LogP) is 1.87.